The van der Waals surface area contributed by atoms with Gasteiger partial charge in [-0.1, -0.05) is 26.7 Å². The van der Waals surface area contributed by atoms with Crippen LogP contribution in [0.3, 0.4) is 0 Å². The van der Waals surface area contributed by atoms with Gasteiger partial charge in [-0.3, -0.25) is 4.90 Å². The lowest BCUT2D eigenvalue weighted by atomic mass is 10.00. The zero-order chi connectivity index (χ0) is 15.1. The fourth-order valence-corrected chi connectivity index (χ4v) is 2.72. The molecule has 0 aromatic carbocycles. The predicted octanol–water partition coefficient (Wildman–Crippen LogP) is 4.27. The molecule has 0 aliphatic heterocycles. The fraction of sp³-hybridized carbons (Fsp3) is 0.765. The molecule has 0 spiro atoms. The summed E-state index contributed by atoms with van der Waals surface area (Å²) in [7, 11) is 0. The van der Waals surface area contributed by atoms with Crippen molar-refractivity contribution in [3.8, 4) is 0 Å². The highest BCUT2D eigenvalue weighted by Crippen LogP contribution is 2.29. The van der Waals surface area contributed by atoms with E-state index >= 15 is 0 Å². The Hall–Kier alpha value is -0.800. The molecule has 0 bridgehead atoms. The number of unbranched alkanes of at least 4 members (excludes halogenated alkanes) is 2. The molecule has 0 radical (unpaired) electrons. The molecule has 0 aliphatic carbocycles. The summed E-state index contributed by atoms with van der Waals surface area (Å²) in [5.41, 5.74) is 6.40. The van der Waals surface area contributed by atoms with E-state index in [1.165, 1.54) is 19.3 Å². The minimum atomic E-state index is 0.115. The van der Waals surface area contributed by atoms with Crippen molar-refractivity contribution < 1.29 is 4.42 Å². The van der Waals surface area contributed by atoms with Gasteiger partial charge in [0.25, 0.3) is 0 Å². The molecule has 20 heavy (non-hydrogen) atoms. The van der Waals surface area contributed by atoms with E-state index in [1.54, 1.807) is 0 Å². The van der Waals surface area contributed by atoms with Crippen LogP contribution < -0.4 is 5.73 Å². The van der Waals surface area contributed by atoms with Gasteiger partial charge in [0.1, 0.15) is 11.5 Å². The van der Waals surface area contributed by atoms with Crippen LogP contribution in [0.4, 0.5) is 0 Å². The topological polar surface area (TPSA) is 42.4 Å². The van der Waals surface area contributed by atoms with Crippen LogP contribution in [0.15, 0.2) is 16.5 Å². The Morgan fingerprint density at radius 1 is 1.20 bits per heavy atom. The summed E-state index contributed by atoms with van der Waals surface area (Å²) in [6.45, 7) is 12.0. The first kappa shape index (κ1) is 17.3. The second-order valence-corrected chi connectivity index (χ2v) is 6.00. The molecule has 1 aromatic heterocycles. The van der Waals surface area contributed by atoms with E-state index in [2.05, 4.69) is 38.7 Å². The first-order valence-electron chi connectivity index (χ1n) is 8.08. The Bertz CT molecular complexity index is 373. The fourth-order valence-electron chi connectivity index (χ4n) is 2.72. The minimum Gasteiger partial charge on any atom is -0.465 e. The molecule has 1 aromatic rings. The summed E-state index contributed by atoms with van der Waals surface area (Å²) in [5, 5.41) is 0. The number of nitrogens with zero attached hydrogens (tertiary/aromatic N) is 1. The predicted molar refractivity (Wildman–Crippen MR) is 85.8 cm³/mol. The Morgan fingerprint density at radius 3 is 2.35 bits per heavy atom. The summed E-state index contributed by atoms with van der Waals surface area (Å²) in [6.07, 6.45) is 4.70. The van der Waals surface area contributed by atoms with Gasteiger partial charge in [0.05, 0.1) is 6.04 Å². The molecule has 3 nitrogen and oxygen atoms in total. The zero-order valence-corrected chi connectivity index (χ0v) is 13.9. The molecule has 1 heterocycles. The Morgan fingerprint density at radius 2 is 1.90 bits per heavy atom. The van der Waals surface area contributed by atoms with Gasteiger partial charge >= 0.3 is 0 Å². The molecule has 2 unspecified atom stereocenters. The van der Waals surface area contributed by atoms with Crippen molar-refractivity contribution in [2.24, 2.45) is 5.73 Å². The van der Waals surface area contributed by atoms with Crippen LogP contribution in [-0.4, -0.2) is 23.5 Å². The van der Waals surface area contributed by atoms with Gasteiger partial charge in [-0.2, -0.15) is 0 Å². The molecule has 0 aliphatic rings. The average molecular weight is 280 g/mol. The van der Waals surface area contributed by atoms with E-state index in [0.717, 1.165) is 24.5 Å². The van der Waals surface area contributed by atoms with Gasteiger partial charge in [0, 0.05) is 12.1 Å². The maximum atomic E-state index is 6.40. The third-order valence-electron chi connectivity index (χ3n) is 3.97. The largest absolute Gasteiger partial charge is 0.465 e. The first-order valence-corrected chi connectivity index (χ1v) is 8.08. The number of aryl methyl sites for hydroxylation is 1. The molecule has 3 heteroatoms. The molecule has 2 N–H and O–H groups in total. The smallest absolute Gasteiger partial charge is 0.122 e. The van der Waals surface area contributed by atoms with E-state index in [4.69, 9.17) is 10.2 Å². The minimum absolute atomic E-state index is 0.115. The Balaban J connectivity index is 2.93. The van der Waals surface area contributed by atoms with Gasteiger partial charge in [0.2, 0.25) is 0 Å². The van der Waals surface area contributed by atoms with Gasteiger partial charge in [-0.25, -0.2) is 0 Å². The summed E-state index contributed by atoms with van der Waals surface area (Å²) in [5.74, 6) is 1.98. The number of hydrogen-bond donors (Lipinski definition) is 1. The maximum Gasteiger partial charge on any atom is 0.122 e. The van der Waals surface area contributed by atoms with Crippen LogP contribution in [0.2, 0.25) is 0 Å². The average Bonchev–Trinajstić information content (AvgIpc) is 2.83. The summed E-state index contributed by atoms with van der Waals surface area (Å²) >= 11 is 0. The van der Waals surface area contributed by atoms with Gasteiger partial charge < -0.3 is 10.2 Å². The van der Waals surface area contributed by atoms with Gasteiger partial charge in [0.15, 0.2) is 0 Å². The van der Waals surface area contributed by atoms with Gasteiger partial charge in [-0.05, 0) is 52.3 Å². The van der Waals surface area contributed by atoms with Crippen LogP contribution in [0.25, 0.3) is 0 Å². The quantitative estimate of drug-likeness (QED) is 0.687. The van der Waals surface area contributed by atoms with Crippen molar-refractivity contribution in [1.29, 1.82) is 0 Å². The van der Waals surface area contributed by atoms with Crippen LogP contribution in [0.1, 0.15) is 70.9 Å². The lowest BCUT2D eigenvalue weighted by Gasteiger charge is -2.37. The van der Waals surface area contributed by atoms with Crippen molar-refractivity contribution in [3.05, 3.63) is 23.7 Å². The molecule has 0 amide bonds. The van der Waals surface area contributed by atoms with Crippen molar-refractivity contribution in [3.63, 3.8) is 0 Å². The van der Waals surface area contributed by atoms with Crippen molar-refractivity contribution in [2.45, 2.75) is 78.4 Å². The molecular formula is C17H32N2O. The molecule has 2 atom stereocenters. The zero-order valence-electron chi connectivity index (χ0n) is 13.9. The van der Waals surface area contributed by atoms with Crippen LogP contribution in [0.5, 0.6) is 0 Å². The molecule has 1 rings (SSSR count). The Labute approximate surface area is 124 Å². The number of nitrogens with two attached hydrogens (primary N) is 1. The summed E-state index contributed by atoms with van der Waals surface area (Å²) < 4.78 is 5.88. The number of furan rings is 1. The lowest BCUT2D eigenvalue weighted by molar-refractivity contribution is 0.109. The standard InChI is InChI=1S/C17H32N2O/c1-6-8-9-12-19(13(3)4)17(15(18)7-2)16-11-10-14(5)20-16/h10-11,13,15,17H,6-9,12,18H2,1-5H3. The van der Waals surface area contributed by atoms with Crippen LogP contribution in [-0.2, 0) is 0 Å². The summed E-state index contributed by atoms with van der Waals surface area (Å²) in [6, 6.07) is 4.90. The maximum absolute atomic E-state index is 6.40. The molecular weight excluding hydrogens is 248 g/mol. The highest BCUT2D eigenvalue weighted by Gasteiger charge is 2.29. The lowest BCUT2D eigenvalue weighted by Crippen LogP contribution is -2.44. The van der Waals surface area contributed by atoms with E-state index in [9.17, 15) is 0 Å². The molecule has 0 saturated heterocycles. The monoisotopic (exact) mass is 280 g/mol. The van der Waals surface area contributed by atoms with E-state index < -0.39 is 0 Å². The first-order chi connectivity index (χ1) is 9.51. The van der Waals surface area contributed by atoms with Crippen molar-refractivity contribution >= 4 is 0 Å². The van der Waals surface area contributed by atoms with E-state index in [0.29, 0.717) is 6.04 Å². The van der Waals surface area contributed by atoms with Gasteiger partial charge in [-0.15, -0.1) is 0 Å². The third kappa shape index (κ3) is 4.64. The highest BCUT2D eigenvalue weighted by molar-refractivity contribution is 5.12. The normalized spacial score (nSPS) is 15.0. The van der Waals surface area contributed by atoms with E-state index in [-0.39, 0.29) is 12.1 Å². The number of hydrogen-bond acceptors (Lipinski definition) is 3. The second kappa shape index (κ2) is 8.48. The highest BCUT2D eigenvalue weighted by atomic mass is 16.3. The molecule has 116 valence electrons. The van der Waals surface area contributed by atoms with Crippen LogP contribution >= 0.6 is 0 Å². The SMILES string of the molecule is CCCCCN(C(C)C)C(c1ccc(C)o1)C(N)CC. The Kier molecular flexibility index (Phi) is 7.31. The van der Waals surface area contributed by atoms with Crippen molar-refractivity contribution in [1.82, 2.24) is 4.90 Å². The third-order valence-corrected chi connectivity index (χ3v) is 3.97. The molecule has 0 saturated carbocycles. The van der Waals surface area contributed by atoms with Crippen molar-refractivity contribution in [2.75, 3.05) is 6.54 Å². The van der Waals surface area contributed by atoms with Crippen LogP contribution in [0, 0.1) is 6.92 Å². The number of rotatable bonds is 9. The molecule has 0 fully saturated rings. The second-order valence-electron chi connectivity index (χ2n) is 6.00. The summed E-state index contributed by atoms with van der Waals surface area (Å²) in [4.78, 5) is 2.50. The van der Waals surface area contributed by atoms with E-state index in [1.807, 2.05) is 13.0 Å².